The van der Waals surface area contributed by atoms with E-state index >= 15 is 0 Å². The predicted octanol–water partition coefficient (Wildman–Crippen LogP) is 2.39. The van der Waals surface area contributed by atoms with Gasteiger partial charge in [0, 0.05) is 18.7 Å². The SMILES string of the molecule is CCCn1nccc1C(O)C1C(C)OC(C)C1C. The normalized spacial score (nSPS) is 33.8. The molecule has 1 N–H and O–H groups in total. The van der Waals surface area contributed by atoms with Gasteiger partial charge in [0.25, 0.3) is 0 Å². The molecule has 18 heavy (non-hydrogen) atoms. The molecule has 1 aliphatic rings. The fourth-order valence-electron chi connectivity index (χ4n) is 3.03. The summed E-state index contributed by atoms with van der Waals surface area (Å²) in [5, 5.41) is 14.9. The minimum atomic E-state index is -0.492. The van der Waals surface area contributed by atoms with Crippen molar-refractivity contribution in [2.24, 2.45) is 11.8 Å². The van der Waals surface area contributed by atoms with Crippen molar-refractivity contribution in [1.29, 1.82) is 0 Å². The summed E-state index contributed by atoms with van der Waals surface area (Å²) in [4.78, 5) is 0. The van der Waals surface area contributed by atoms with Crippen LogP contribution in [-0.2, 0) is 11.3 Å². The summed E-state index contributed by atoms with van der Waals surface area (Å²) in [5.41, 5.74) is 0.915. The van der Waals surface area contributed by atoms with Crippen molar-refractivity contribution in [3.63, 3.8) is 0 Å². The van der Waals surface area contributed by atoms with Gasteiger partial charge in [0.15, 0.2) is 0 Å². The van der Waals surface area contributed by atoms with Crippen LogP contribution in [0.1, 0.15) is 45.9 Å². The van der Waals surface area contributed by atoms with Crippen LogP contribution in [0, 0.1) is 11.8 Å². The van der Waals surface area contributed by atoms with Crippen LogP contribution < -0.4 is 0 Å². The maximum atomic E-state index is 10.6. The molecule has 0 amide bonds. The Balaban J connectivity index is 2.20. The molecular weight excluding hydrogens is 228 g/mol. The zero-order chi connectivity index (χ0) is 13.3. The highest BCUT2D eigenvalue weighted by atomic mass is 16.5. The van der Waals surface area contributed by atoms with Crippen molar-refractivity contribution in [1.82, 2.24) is 9.78 Å². The van der Waals surface area contributed by atoms with Gasteiger partial charge in [-0.3, -0.25) is 4.68 Å². The largest absolute Gasteiger partial charge is 0.386 e. The molecule has 0 aromatic carbocycles. The molecule has 0 spiro atoms. The van der Waals surface area contributed by atoms with Gasteiger partial charge in [-0.05, 0) is 32.3 Å². The molecule has 2 heterocycles. The summed E-state index contributed by atoms with van der Waals surface area (Å²) in [6.07, 6.45) is 2.60. The van der Waals surface area contributed by atoms with E-state index in [9.17, 15) is 5.11 Å². The molecule has 1 aromatic rings. The van der Waals surface area contributed by atoms with E-state index in [0.717, 1.165) is 18.7 Å². The van der Waals surface area contributed by atoms with Crippen molar-refractivity contribution >= 4 is 0 Å². The van der Waals surface area contributed by atoms with Crippen LogP contribution in [0.3, 0.4) is 0 Å². The van der Waals surface area contributed by atoms with Gasteiger partial charge in [0.1, 0.15) is 6.10 Å². The number of rotatable bonds is 4. The smallest absolute Gasteiger partial charge is 0.101 e. The van der Waals surface area contributed by atoms with Crippen LogP contribution in [-0.4, -0.2) is 27.1 Å². The first-order valence-electron chi connectivity index (χ1n) is 6.91. The van der Waals surface area contributed by atoms with Gasteiger partial charge in [0.2, 0.25) is 0 Å². The fraction of sp³-hybridized carbons (Fsp3) is 0.786. The minimum absolute atomic E-state index is 0.0926. The number of nitrogens with zero attached hydrogens (tertiary/aromatic N) is 2. The van der Waals surface area contributed by atoms with E-state index in [0.29, 0.717) is 5.92 Å². The minimum Gasteiger partial charge on any atom is -0.386 e. The molecule has 1 aromatic heterocycles. The first-order valence-corrected chi connectivity index (χ1v) is 6.91. The van der Waals surface area contributed by atoms with E-state index in [2.05, 4.69) is 32.8 Å². The molecule has 0 saturated carbocycles. The lowest BCUT2D eigenvalue weighted by atomic mass is 9.84. The van der Waals surface area contributed by atoms with E-state index in [-0.39, 0.29) is 18.1 Å². The number of hydrogen-bond acceptors (Lipinski definition) is 3. The Morgan fingerprint density at radius 3 is 2.67 bits per heavy atom. The number of aliphatic hydroxyl groups excluding tert-OH is 1. The monoisotopic (exact) mass is 252 g/mol. The molecule has 1 aliphatic heterocycles. The van der Waals surface area contributed by atoms with Crippen molar-refractivity contribution in [3.8, 4) is 0 Å². The average molecular weight is 252 g/mol. The Hall–Kier alpha value is -0.870. The van der Waals surface area contributed by atoms with E-state index < -0.39 is 6.10 Å². The second kappa shape index (κ2) is 5.41. The number of hydrogen-bond donors (Lipinski definition) is 1. The number of aryl methyl sites for hydroxylation is 1. The first kappa shape index (κ1) is 13.6. The van der Waals surface area contributed by atoms with Crippen LogP contribution in [0.15, 0.2) is 12.3 Å². The molecule has 0 aliphatic carbocycles. The molecule has 0 radical (unpaired) electrons. The predicted molar refractivity (Wildman–Crippen MR) is 70.1 cm³/mol. The third kappa shape index (κ3) is 2.31. The van der Waals surface area contributed by atoms with Gasteiger partial charge in [-0.2, -0.15) is 5.10 Å². The summed E-state index contributed by atoms with van der Waals surface area (Å²) in [5.74, 6) is 0.507. The average Bonchev–Trinajstić information content (AvgIpc) is 2.86. The Labute approximate surface area is 109 Å². The maximum absolute atomic E-state index is 10.6. The van der Waals surface area contributed by atoms with Crippen LogP contribution in [0.4, 0.5) is 0 Å². The standard InChI is InChI=1S/C14H24N2O2/c1-5-8-16-12(6-7-15-16)14(17)13-9(2)10(3)18-11(13)4/h6-7,9-11,13-14,17H,5,8H2,1-4H3. The van der Waals surface area contributed by atoms with Gasteiger partial charge in [0.05, 0.1) is 17.9 Å². The molecule has 1 fully saturated rings. The molecule has 102 valence electrons. The third-order valence-corrected chi connectivity index (χ3v) is 4.17. The van der Waals surface area contributed by atoms with E-state index in [1.165, 1.54) is 0 Å². The van der Waals surface area contributed by atoms with E-state index in [1.54, 1.807) is 6.20 Å². The van der Waals surface area contributed by atoms with E-state index in [4.69, 9.17) is 4.74 Å². The zero-order valence-corrected chi connectivity index (χ0v) is 11.7. The number of ether oxygens (including phenoxy) is 1. The topological polar surface area (TPSA) is 47.3 Å². The molecule has 5 unspecified atom stereocenters. The maximum Gasteiger partial charge on any atom is 0.101 e. The van der Waals surface area contributed by atoms with Crippen LogP contribution in [0.2, 0.25) is 0 Å². The highest BCUT2D eigenvalue weighted by Gasteiger charge is 2.42. The van der Waals surface area contributed by atoms with Crippen molar-refractivity contribution < 1.29 is 9.84 Å². The van der Waals surface area contributed by atoms with Crippen LogP contribution in [0.5, 0.6) is 0 Å². The summed E-state index contributed by atoms with van der Waals surface area (Å²) in [6, 6.07) is 1.92. The number of aromatic nitrogens is 2. The third-order valence-electron chi connectivity index (χ3n) is 4.17. The molecule has 2 rings (SSSR count). The zero-order valence-electron chi connectivity index (χ0n) is 11.7. The second-order valence-electron chi connectivity index (χ2n) is 5.41. The Kier molecular flexibility index (Phi) is 4.07. The molecule has 1 saturated heterocycles. The van der Waals surface area contributed by atoms with Crippen molar-refractivity contribution in [3.05, 3.63) is 18.0 Å². The lowest BCUT2D eigenvalue weighted by Gasteiger charge is -2.25. The van der Waals surface area contributed by atoms with Crippen LogP contribution in [0.25, 0.3) is 0 Å². The Bertz CT molecular complexity index is 391. The Morgan fingerprint density at radius 1 is 1.39 bits per heavy atom. The quantitative estimate of drug-likeness (QED) is 0.895. The van der Waals surface area contributed by atoms with Crippen molar-refractivity contribution in [2.75, 3.05) is 0 Å². The van der Waals surface area contributed by atoms with Gasteiger partial charge < -0.3 is 9.84 Å². The molecule has 0 bridgehead atoms. The lowest BCUT2D eigenvalue weighted by molar-refractivity contribution is 0.0202. The second-order valence-corrected chi connectivity index (χ2v) is 5.41. The Morgan fingerprint density at radius 2 is 2.11 bits per heavy atom. The van der Waals surface area contributed by atoms with Gasteiger partial charge in [-0.15, -0.1) is 0 Å². The fourth-order valence-corrected chi connectivity index (χ4v) is 3.03. The first-order chi connectivity index (χ1) is 8.56. The summed E-state index contributed by atoms with van der Waals surface area (Å²) < 4.78 is 7.73. The molecule has 4 heteroatoms. The summed E-state index contributed by atoms with van der Waals surface area (Å²) in [7, 11) is 0. The highest BCUT2D eigenvalue weighted by Crippen LogP contribution is 2.40. The summed E-state index contributed by atoms with van der Waals surface area (Å²) >= 11 is 0. The van der Waals surface area contributed by atoms with Crippen LogP contribution >= 0.6 is 0 Å². The van der Waals surface area contributed by atoms with Crippen molar-refractivity contribution in [2.45, 2.75) is 59.0 Å². The lowest BCUT2D eigenvalue weighted by Crippen LogP contribution is -2.26. The molecule has 5 atom stereocenters. The highest BCUT2D eigenvalue weighted by molar-refractivity contribution is 5.08. The summed E-state index contributed by atoms with van der Waals surface area (Å²) in [6.45, 7) is 9.25. The number of aliphatic hydroxyl groups is 1. The van der Waals surface area contributed by atoms with Gasteiger partial charge >= 0.3 is 0 Å². The molecular formula is C14H24N2O2. The van der Waals surface area contributed by atoms with E-state index in [1.807, 2.05) is 10.7 Å². The van der Waals surface area contributed by atoms with Gasteiger partial charge in [-0.25, -0.2) is 0 Å². The van der Waals surface area contributed by atoms with Gasteiger partial charge in [-0.1, -0.05) is 13.8 Å². The molecule has 4 nitrogen and oxygen atoms in total.